The number of hydrogen-bond donors (Lipinski definition) is 1. The summed E-state index contributed by atoms with van der Waals surface area (Å²) in [5, 5.41) is 2.88. The van der Waals surface area contributed by atoms with Gasteiger partial charge in [0.25, 0.3) is 5.91 Å². The molecule has 8 heteroatoms. The number of hydrogen-bond acceptors (Lipinski definition) is 7. The van der Waals surface area contributed by atoms with Crippen LogP contribution in [-0.2, 0) is 6.54 Å². The zero-order valence-corrected chi connectivity index (χ0v) is 16.3. The third-order valence-electron chi connectivity index (χ3n) is 4.88. The molecule has 2 aromatic heterocycles. The molecule has 0 aliphatic carbocycles. The fraction of sp³-hybridized carbons (Fsp3) is 0.286. The van der Waals surface area contributed by atoms with Gasteiger partial charge in [-0.25, -0.2) is 19.9 Å². The minimum Gasteiger partial charge on any atom is -0.352 e. The van der Waals surface area contributed by atoms with E-state index in [0.717, 1.165) is 43.5 Å². The molecule has 1 aliphatic rings. The van der Waals surface area contributed by atoms with E-state index in [0.29, 0.717) is 12.2 Å². The Morgan fingerprint density at radius 2 is 1.62 bits per heavy atom. The highest BCUT2D eigenvalue weighted by molar-refractivity contribution is 5.91. The number of aryl methyl sites for hydroxylation is 1. The van der Waals surface area contributed by atoms with Crippen LogP contribution in [0.4, 0.5) is 11.8 Å². The molecule has 1 saturated heterocycles. The predicted molar refractivity (Wildman–Crippen MR) is 111 cm³/mol. The molecule has 4 rings (SSSR count). The summed E-state index contributed by atoms with van der Waals surface area (Å²) in [5.41, 5.74) is 2.56. The molecule has 1 fully saturated rings. The van der Waals surface area contributed by atoms with Crippen molar-refractivity contribution in [2.45, 2.75) is 13.5 Å². The lowest BCUT2D eigenvalue weighted by molar-refractivity contribution is 0.0945. The van der Waals surface area contributed by atoms with Gasteiger partial charge in [-0.05, 0) is 18.6 Å². The first kappa shape index (κ1) is 18.8. The highest BCUT2D eigenvalue weighted by atomic mass is 16.1. The summed E-state index contributed by atoms with van der Waals surface area (Å²) in [4.78, 5) is 34.0. The molecule has 3 heterocycles. The molecule has 148 valence electrons. The third-order valence-corrected chi connectivity index (χ3v) is 4.88. The summed E-state index contributed by atoms with van der Waals surface area (Å²) in [5.74, 6) is 1.29. The van der Waals surface area contributed by atoms with Crippen molar-refractivity contribution in [2.24, 2.45) is 0 Å². The fourth-order valence-electron chi connectivity index (χ4n) is 3.17. The second-order valence-electron chi connectivity index (χ2n) is 6.95. The van der Waals surface area contributed by atoms with E-state index < -0.39 is 0 Å². The van der Waals surface area contributed by atoms with E-state index in [1.165, 1.54) is 11.8 Å². The molecule has 1 aliphatic heterocycles. The molecule has 0 atom stereocenters. The molecule has 0 bridgehead atoms. The van der Waals surface area contributed by atoms with Gasteiger partial charge in [0.2, 0.25) is 5.95 Å². The van der Waals surface area contributed by atoms with E-state index in [4.69, 9.17) is 0 Å². The Morgan fingerprint density at radius 1 is 0.931 bits per heavy atom. The first-order valence-electron chi connectivity index (χ1n) is 9.62. The Morgan fingerprint density at radius 3 is 2.28 bits per heavy atom. The number of piperazine rings is 1. The molecule has 29 heavy (non-hydrogen) atoms. The smallest absolute Gasteiger partial charge is 0.271 e. The van der Waals surface area contributed by atoms with Crippen molar-refractivity contribution >= 4 is 17.7 Å². The van der Waals surface area contributed by atoms with Crippen molar-refractivity contribution in [1.29, 1.82) is 0 Å². The van der Waals surface area contributed by atoms with Crippen molar-refractivity contribution in [2.75, 3.05) is 36.0 Å². The summed E-state index contributed by atoms with van der Waals surface area (Å²) in [7, 11) is 0. The Kier molecular flexibility index (Phi) is 5.60. The van der Waals surface area contributed by atoms with E-state index >= 15 is 0 Å². The number of nitrogens with one attached hydrogen (secondary N) is 1. The van der Waals surface area contributed by atoms with Crippen LogP contribution < -0.4 is 15.1 Å². The zero-order valence-electron chi connectivity index (χ0n) is 16.3. The second-order valence-corrected chi connectivity index (χ2v) is 6.95. The van der Waals surface area contributed by atoms with Gasteiger partial charge in [0.1, 0.15) is 11.5 Å². The van der Waals surface area contributed by atoms with Gasteiger partial charge in [-0.3, -0.25) is 4.79 Å². The monoisotopic (exact) mass is 389 g/mol. The predicted octanol–water partition coefficient (Wildman–Crippen LogP) is 1.83. The van der Waals surface area contributed by atoms with Crippen LogP contribution in [0, 0.1) is 6.92 Å². The van der Waals surface area contributed by atoms with Crippen molar-refractivity contribution in [3.05, 3.63) is 71.9 Å². The maximum Gasteiger partial charge on any atom is 0.271 e. The highest BCUT2D eigenvalue weighted by Gasteiger charge is 2.20. The van der Waals surface area contributed by atoms with Gasteiger partial charge < -0.3 is 15.1 Å². The van der Waals surface area contributed by atoms with Crippen LogP contribution in [0.15, 0.2) is 55.1 Å². The largest absolute Gasteiger partial charge is 0.352 e. The summed E-state index contributed by atoms with van der Waals surface area (Å²) < 4.78 is 0. The van der Waals surface area contributed by atoms with E-state index in [1.807, 2.05) is 37.3 Å². The van der Waals surface area contributed by atoms with Crippen molar-refractivity contribution < 1.29 is 4.79 Å². The Labute approximate surface area is 169 Å². The van der Waals surface area contributed by atoms with Gasteiger partial charge in [0, 0.05) is 45.1 Å². The average molecular weight is 389 g/mol. The van der Waals surface area contributed by atoms with E-state index in [2.05, 4.69) is 35.1 Å². The molecule has 1 N–H and O–H groups in total. The molecule has 0 spiro atoms. The molecule has 1 amide bonds. The number of benzene rings is 1. The van der Waals surface area contributed by atoms with E-state index in [1.54, 1.807) is 18.6 Å². The molecule has 8 nitrogen and oxygen atoms in total. The lowest BCUT2D eigenvalue weighted by Gasteiger charge is -2.35. The Bertz CT molecular complexity index is 937. The number of carbonyl (C=O) groups excluding carboxylic acids is 1. The van der Waals surface area contributed by atoms with Gasteiger partial charge in [0.05, 0.1) is 12.4 Å². The summed E-state index contributed by atoms with van der Waals surface area (Å²) in [6.07, 6.45) is 6.70. The quantitative estimate of drug-likeness (QED) is 0.712. The molecular formula is C21H23N7O. The van der Waals surface area contributed by atoms with Crippen LogP contribution in [0.3, 0.4) is 0 Å². The van der Waals surface area contributed by atoms with Gasteiger partial charge >= 0.3 is 0 Å². The van der Waals surface area contributed by atoms with Gasteiger partial charge in [-0.1, -0.05) is 29.8 Å². The van der Waals surface area contributed by atoms with Crippen LogP contribution in [0.5, 0.6) is 0 Å². The summed E-state index contributed by atoms with van der Waals surface area (Å²) >= 11 is 0. The summed E-state index contributed by atoms with van der Waals surface area (Å²) in [6, 6.07) is 9.88. The Balaban J connectivity index is 1.31. The average Bonchev–Trinajstić information content (AvgIpc) is 2.79. The lowest BCUT2D eigenvalue weighted by atomic mass is 10.1. The van der Waals surface area contributed by atoms with Crippen LogP contribution >= 0.6 is 0 Å². The standard InChI is InChI=1S/C21H23N7O/c1-16-3-5-17(6-4-16)13-26-20(29)18-14-25-19(15-24-18)27-9-11-28(12-10-27)21-22-7-2-8-23-21/h2-8,14-15H,9-13H2,1H3,(H,26,29). The van der Waals surface area contributed by atoms with Crippen LogP contribution in [0.25, 0.3) is 0 Å². The van der Waals surface area contributed by atoms with Gasteiger partial charge in [0.15, 0.2) is 0 Å². The molecule has 0 saturated carbocycles. The maximum absolute atomic E-state index is 12.3. The third kappa shape index (κ3) is 4.66. The Hall–Kier alpha value is -3.55. The van der Waals surface area contributed by atoms with Crippen LogP contribution in [0.2, 0.25) is 0 Å². The first-order chi connectivity index (χ1) is 14.2. The lowest BCUT2D eigenvalue weighted by Crippen LogP contribution is -2.47. The maximum atomic E-state index is 12.3. The van der Waals surface area contributed by atoms with Crippen molar-refractivity contribution in [3.8, 4) is 0 Å². The summed E-state index contributed by atoms with van der Waals surface area (Å²) in [6.45, 7) is 5.72. The van der Waals surface area contributed by atoms with Crippen LogP contribution in [-0.4, -0.2) is 52.0 Å². The number of nitrogens with zero attached hydrogens (tertiary/aromatic N) is 6. The number of aromatic nitrogens is 4. The number of amides is 1. The molecule has 3 aromatic rings. The van der Waals surface area contributed by atoms with Crippen LogP contribution in [0.1, 0.15) is 21.6 Å². The van der Waals surface area contributed by atoms with Crippen molar-refractivity contribution in [3.63, 3.8) is 0 Å². The second kappa shape index (κ2) is 8.64. The SMILES string of the molecule is Cc1ccc(CNC(=O)c2cnc(N3CCN(c4ncccn4)CC3)cn2)cc1. The van der Waals surface area contributed by atoms with E-state index in [9.17, 15) is 4.79 Å². The number of carbonyl (C=O) groups is 1. The number of rotatable bonds is 5. The molecule has 0 radical (unpaired) electrons. The molecule has 0 unspecified atom stereocenters. The topological polar surface area (TPSA) is 87.1 Å². The minimum absolute atomic E-state index is 0.226. The molecular weight excluding hydrogens is 366 g/mol. The normalized spacial score (nSPS) is 14.0. The fourth-order valence-corrected chi connectivity index (χ4v) is 3.17. The zero-order chi connectivity index (χ0) is 20.1. The first-order valence-corrected chi connectivity index (χ1v) is 9.62. The van der Waals surface area contributed by atoms with Gasteiger partial charge in [-0.2, -0.15) is 0 Å². The van der Waals surface area contributed by atoms with E-state index in [-0.39, 0.29) is 5.91 Å². The van der Waals surface area contributed by atoms with Gasteiger partial charge in [-0.15, -0.1) is 0 Å². The highest BCUT2D eigenvalue weighted by Crippen LogP contribution is 2.15. The minimum atomic E-state index is -0.226. The number of anilines is 2. The molecule has 1 aromatic carbocycles. The van der Waals surface area contributed by atoms with Crippen molar-refractivity contribution in [1.82, 2.24) is 25.3 Å².